The van der Waals surface area contributed by atoms with Gasteiger partial charge in [0, 0.05) is 6.20 Å². The van der Waals surface area contributed by atoms with Crippen LogP contribution >= 0.6 is 0 Å². The molecular formula is C11H16N2O. The van der Waals surface area contributed by atoms with Gasteiger partial charge in [0.2, 0.25) is 0 Å². The summed E-state index contributed by atoms with van der Waals surface area (Å²) in [4.78, 5) is 3.98. The molecule has 1 aliphatic carbocycles. The molecule has 1 aliphatic rings. The van der Waals surface area contributed by atoms with Crippen LogP contribution in [0, 0.1) is 0 Å². The average Bonchev–Trinajstić information content (AvgIpc) is 2.20. The number of rotatable bonds is 1. The predicted molar refractivity (Wildman–Crippen MR) is 55.9 cm³/mol. The van der Waals surface area contributed by atoms with Gasteiger partial charge in [-0.2, -0.15) is 0 Å². The molecule has 0 aromatic carbocycles. The van der Waals surface area contributed by atoms with E-state index in [-0.39, 0.29) is 6.10 Å². The summed E-state index contributed by atoms with van der Waals surface area (Å²) in [6, 6.07) is 2.00. The number of nitrogens with two attached hydrogens (primary N) is 1. The third-order valence-electron chi connectivity index (χ3n) is 3.02. The standard InChI is InChI=1S/C11H16N2O/c12-11-7-13-6-5-10(11)8-1-3-9(14)4-2-8/h5-9,14H,1-4,12H2. The van der Waals surface area contributed by atoms with Crippen LogP contribution in [0.3, 0.4) is 0 Å². The number of aliphatic hydroxyl groups is 1. The van der Waals surface area contributed by atoms with E-state index in [9.17, 15) is 5.11 Å². The monoisotopic (exact) mass is 192 g/mol. The van der Waals surface area contributed by atoms with Crippen molar-refractivity contribution in [3.05, 3.63) is 24.0 Å². The first-order valence-electron chi connectivity index (χ1n) is 5.15. The minimum absolute atomic E-state index is 0.102. The van der Waals surface area contributed by atoms with Crippen molar-refractivity contribution in [1.82, 2.24) is 4.98 Å². The molecule has 0 aliphatic heterocycles. The van der Waals surface area contributed by atoms with E-state index in [2.05, 4.69) is 4.98 Å². The molecule has 0 radical (unpaired) electrons. The van der Waals surface area contributed by atoms with Gasteiger partial charge in [0.15, 0.2) is 0 Å². The lowest BCUT2D eigenvalue weighted by Gasteiger charge is -2.26. The fourth-order valence-electron chi connectivity index (χ4n) is 2.18. The summed E-state index contributed by atoms with van der Waals surface area (Å²) < 4.78 is 0. The molecule has 2 rings (SSSR count). The Morgan fingerprint density at radius 2 is 2.00 bits per heavy atom. The summed E-state index contributed by atoms with van der Waals surface area (Å²) in [6.07, 6.45) is 7.26. The zero-order valence-corrected chi connectivity index (χ0v) is 8.19. The van der Waals surface area contributed by atoms with Gasteiger partial charge in [0.1, 0.15) is 0 Å². The van der Waals surface area contributed by atoms with Crippen LogP contribution in [0.25, 0.3) is 0 Å². The molecule has 0 atom stereocenters. The van der Waals surface area contributed by atoms with Crippen molar-refractivity contribution in [1.29, 1.82) is 0 Å². The van der Waals surface area contributed by atoms with Crippen molar-refractivity contribution >= 4 is 5.69 Å². The van der Waals surface area contributed by atoms with Gasteiger partial charge < -0.3 is 10.8 Å². The molecule has 3 nitrogen and oxygen atoms in total. The van der Waals surface area contributed by atoms with Gasteiger partial charge in [0.05, 0.1) is 18.0 Å². The van der Waals surface area contributed by atoms with E-state index >= 15 is 0 Å². The SMILES string of the molecule is Nc1cnccc1C1CCC(O)CC1. The molecule has 76 valence electrons. The maximum Gasteiger partial charge on any atom is 0.0540 e. The number of hydrogen-bond acceptors (Lipinski definition) is 3. The summed E-state index contributed by atoms with van der Waals surface area (Å²) in [5.74, 6) is 0.515. The first-order chi connectivity index (χ1) is 6.77. The highest BCUT2D eigenvalue weighted by Crippen LogP contribution is 2.34. The van der Waals surface area contributed by atoms with Crippen LogP contribution in [-0.4, -0.2) is 16.2 Å². The average molecular weight is 192 g/mol. The molecule has 0 unspecified atom stereocenters. The third-order valence-corrected chi connectivity index (χ3v) is 3.02. The topological polar surface area (TPSA) is 59.1 Å². The van der Waals surface area contributed by atoms with Gasteiger partial charge in [-0.15, -0.1) is 0 Å². The molecule has 14 heavy (non-hydrogen) atoms. The largest absolute Gasteiger partial charge is 0.397 e. The number of anilines is 1. The summed E-state index contributed by atoms with van der Waals surface area (Å²) in [5.41, 5.74) is 7.85. The van der Waals surface area contributed by atoms with E-state index in [0.717, 1.165) is 31.4 Å². The Balaban J connectivity index is 2.12. The molecule has 3 heteroatoms. The van der Waals surface area contributed by atoms with E-state index in [4.69, 9.17) is 5.73 Å². The van der Waals surface area contributed by atoms with E-state index in [1.54, 1.807) is 12.4 Å². The molecule has 0 spiro atoms. The fourth-order valence-corrected chi connectivity index (χ4v) is 2.18. The number of nitrogens with zero attached hydrogens (tertiary/aromatic N) is 1. The van der Waals surface area contributed by atoms with Crippen molar-refractivity contribution in [2.75, 3.05) is 5.73 Å². The Kier molecular flexibility index (Phi) is 2.68. The van der Waals surface area contributed by atoms with Crippen molar-refractivity contribution in [2.24, 2.45) is 0 Å². The third kappa shape index (κ3) is 1.87. The first-order valence-corrected chi connectivity index (χ1v) is 5.15. The second-order valence-corrected chi connectivity index (χ2v) is 4.01. The molecule has 1 aromatic heterocycles. The van der Waals surface area contributed by atoms with E-state index in [1.807, 2.05) is 6.07 Å². The van der Waals surface area contributed by atoms with Crippen LogP contribution in [0.15, 0.2) is 18.5 Å². The Morgan fingerprint density at radius 3 is 2.64 bits per heavy atom. The van der Waals surface area contributed by atoms with Gasteiger partial charge in [-0.05, 0) is 43.2 Å². The van der Waals surface area contributed by atoms with E-state index in [1.165, 1.54) is 5.56 Å². The van der Waals surface area contributed by atoms with Gasteiger partial charge in [-0.3, -0.25) is 4.98 Å². The minimum Gasteiger partial charge on any atom is -0.397 e. The number of pyridine rings is 1. The molecule has 3 N–H and O–H groups in total. The predicted octanol–water partition coefficient (Wildman–Crippen LogP) is 1.68. The number of aliphatic hydroxyl groups excluding tert-OH is 1. The molecule has 1 aromatic rings. The smallest absolute Gasteiger partial charge is 0.0540 e. The molecule has 0 bridgehead atoms. The molecule has 1 saturated carbocycles. The second-order valence-electron chi connectivity index (χ2n) is 4.01. The Bertz CT molecular complexity index is 306. The van der Waals surface area contributed by atoms with Crippen LogP contribution in [-0.2, 0) is 0 Å². The van der Waals surface area contributed by atoms with Gasteiger partial charge >= 0.3 is 0 Å². The highest BCUT2D eigenvalue weighted by atomic mass is 16.3. The quantitative estimate of drug-likeness (QED) is 0.711. The number of aromatic nitrogens is 1. The first kappa shape index (κ1) is 9.46. The van der Waals surface area contributed by atoms with Crippen molar-refractivity contribution in [3.63, 3.8) is 0 Å². The maximum atomic E-state index is 9.40. The van der Waals surface area contributed by atoms with Crippen LogP contribution in [0.2, 0.25) is 0 Å². The fraction of sp³-hybridized carbons (Fsp3) is 0.545. The van der Waals surface area contributed by atoms with E-state index < -0.39 is 0 Å². The summed E-state index contributed by atoms with van der Waals surface area (Å²) in [6.45, 7) is 0. The van der Waals surface area contributed by atoms with Crippen molar-refractivity contribution in [2.45, 2.75) is 37.7 Å². The summed E-state index contributed by atoms with van der Waals surface area (Å²) >= 11 is 0. The van der Waals surface area contributed by atoms with Crippen molar-refractivity contribution in [3.8, 4) is 0 Å². The van der Waals surface area contributed by atoms with Crippen LogP contribution < -0.4 is 5.73 Å². The molecule has 0 saturated heterocycles. The summed E-state index contributed by atoms with van der Waals surface area (Å²) in [7, 11) is 0. The normalized spacial score (nSPS) is 27.5. The Labute approximate surface area is 84.0 Å². The Morgan fingerprint density at radius 1 is 1.29 bits per heavy atom. The molecular weight excluding hydrogens is 176 g/mol. The zero-order valence-electron chi connectivity index (χ0n) is 8.19. The van der Waals surface area contributed by atoms with Gasteiger partial charge in [-0.25, -0.2) is 0 Å². The maximum absolute atomic E-state index is 9.40. The lowest BCUT2D eigenvalue weighted by molar-refractivity contribution is 0.122. The van der Waals surface area contributed by atoms with E-state index in [0.29, 0.717) is 5.92 Å². The Hall–Kier alpha value is -1.09. The lowest BCUT2D eigenvalue weighted by Crippen LogP contribution is -2.17. The number of hydrogen-bond donors (Lipinski definition) is 2. The lowest BCUT2D eigenvalue weighted by atomic mass is 9.82. The van der Waals surface area contributed by atoms with Gasteiger partial charge in [0.25, 0.3) is 0 Å². The number of nitrogen functional groups attached to an aromatic ring is 1. The highest BCUT2D eigenvalue weighted by Gasteiger charge is 2.21. The second kappa shape index (κ2) is 3.96. The van der Waals surface area contributed by atoms with Crippen molar-refractivity contribution < 1.29 is 5.11 Å². The van der Waals surface area contributed by atoms with Crippen LogP contribution in [0.5, 0.6) is 0 Å². The van der Waals surface area contributed by atoms with Crippen LogP contribution in [0.4, 0.5) is 5.69 Å². The summed E-state index contributed by atoms with van der Waals surface area (Å²) in [5, 5.41) is 9.40. The van der Waals surface area contributed by atoms with Gasteiger partial charge in [-0.1, -0.05) is 0 Å². The molecule has 1 fully saturated rings. The zero-order chi connectivity index (χ0) is 9.97. The van der Waals surface area contributed by atoms with Crippen LogP contribution in [0.1, 0.15) is 37.2 Å². The minimum atomic E-state index is -0.102. The molecule has 0 amide bonds. The molecule has 1 heterocycles. The highest BCUT2D eigenvalue weighted by molar-refractivity contribution is 5.46.